The number of aryl methyl sites for hydroxylation is 3. The first-order valence-electron chi connectivity index (χ1n) is 4.76. The van der Waals surface area contributed by atoms with Crippen LogP contribution in [0.4, 0.5) is 0 Å². The highest BCUT2D eigenvalue weighted by atomic mass is 16.4. The maximum Gasteiger partial charge on any atom is 0.231 e. The van der Waals surface area contributed by atoms with Crippen molar-refractivity contribution in [1.29, 1.82) is 0 Å². The quantitative estimate of drug-likeness (QED) is 0.706. The van der Waals surface area contributed by atoms with Crippen molar-refractivity contribution in [3.8, 4) is 0 Å². The predicted octanol–water partition coefficient (Wildman–Crippen LogP) is 3.03. The van der Waals surface area contributed by atoms with Crippen LogP contribution in [0.15, 0.2) is 27.0 Å². The molecule has 0 aliphatic heterocycles. The molecule has 0 amide bonds. The minimum atomic E-state index is -0.127. The first-order valence-corrected chi connectivity index (χ1v) is 4.76. The van der Waals surface area contributed by atoms with Crippen LogP contribution in [-0.4, -0.2) is 5.78 Å². The molecule has 2 aromatic heterocycles. The summed E-state index contributed by atoms with van der Waals surface area (Å²) in [5.74, 6) is 2.33. The van der Waals surface area contributed by atoms with Crippen molar-refractivity contribution in [3.05, 3.63) is 46.8 Å². The zero-order valence-corrected chi connectivity index (χ0v) is 8.96. The van der Waals surface area contributed by atoms with Crippen molar-refractivity contribution in [2.24, 2.45) is 0 Å². The molecule has 0 unspecified atom stereocenters. The molecule has 0 aliphatic rings. The van der Waals surface area contributed by atoms with Crippen LogP contribution in [0.1, 0.15) is 33.4 Å². The molecule has 0 N–H and O–H groups in total. The smallest absolute Gasteiger partial charge is 0.231 e. The monoisotopic (exact) mass is 204 g/mol. The highest BCUT2D eigenvalue weighted by Crippen LogP contribution is 2.19. The van der Waals surface area contributed by atoms with E-state index in [1.807, 2.05) is 13.8 Å². The number of carbonyl (C=O) groups is 1. The molecular formula is C12H12O3. The Morgan fingerprint density at radius 3 is 2.27 bits per heavy atom. The molecule has 3 nitrogen and oxygen atoms in total. The van der Waals surface area contributed by atoms with Gasteiger partial charge in [0.25, 0.3) is 0 Å². The first-order chi connectivity index (χ1) is 7.08. The Hall–Kier alpha value is -1.77. The third-order valence-corrected chi connectivity index (χ3v) is 2.25. The van der Waals surface area contributed by atoms with E-state index < -0.39 is 0 Å². The van der Waals surface area contributed by atoms with Gasteiger partial charge in [0, 0.05) is 0 Å². The number of hydrogen-bond donors (Lipinski definition) is 0. The summed E-state index contributed by atoms with van der Waals surface area (Å²) in [5.41, 5.74) is 0.571. The fraction of sp³-hybridized carbons (Fsp3) is 0.250. The van der Waals surface area contributed by atoms with Crippen LogP contribution >= 0.6 is 0 Å². The van der Waals surface area contributed by atoms with Gasteiger partial charge >= 0.3 is 0 Å². The summed E-state index contributed by atoms with van der Waals surface area (Å²) in [4.78, 5) is 11.9. The second-order valence-electron chi connectivity index (χ2n) is 3.57. The molecule has 0 saturated carbocycles. The number of hydrogen-bond acceptors (Lipinski definition) is 3. The van der Waals surface area contributed by atoms with Crippen molar-refractivity contribution < 1.29 is 13.6 Å². The summed E-state index contributed by atoms with van der Waals surface area (Å²) in [5, 5.41) is 0. The maximum atomic E-state index is 11.9. The van der Waals surface area contributed by atoms with Gasteiger partial charge in [0.05, 0.1) is 5.56 Å². The van der Waals surface area contributed by atoms with E-state index in [9.17, 15) is 4.79 Å². The Balaban J connectivity index is 2.40. The van der Waals surface area contributed by atoms with Crippen LogP contribution in [0.3, 0.4) is 0 Å². The van der Waals surface area contributed by atoms with Gasteiger partial charge in [-0.2, -0.15) is 0 Å². The summed E-state index contributed by atoms with van der Waals surface area (Å²) in [6.07, 6.45) is 0. The van der Waals surface area contributed by atoms with Crippen LogP contribution in [0.25, 0.3) is 0 Å². The molecule has 0 saturated heterocycles. The van der Waals surface area contributed by atoms with Gasteiger partial charge in [-0.1, -0.05) is 0 Å². The highest BCUT2D eigenvalue weighted by Gasteiger charge is 2.18. The Morgan fingerprint density at radius 2 is 1.80 bits per heavy atom. The molecule has 78 valence electrons. The van der Waals surface area contributed by atoms with E-state index in [-0.39, 0.29) is 5.78 Å². The zero-order valence-electron chi connectivity index (χ0n) is 8.96. The minimum absolute atomic E-state index is 0.127. The molecule has 0 atom stereocenters. The number of carbonyl (C=O) groups excluding carboxylic acids is 1. The maximum absolute atomic E-state index is 11.9. The van der Waals surface area contributed by atoms with E-state index in [4.69, 9.17) is 8.83 Å². The molecule has 3 heteroatoms. The summed E-state index contributed by atoms with van der Waals surface area (Å²) in [7, 11) is 0. The lowest BCUT2D eigenvalue weighted by molar-refractivity contribution is 0.101. The van der Waals surface area contributed by atoms with Gasteiger partial charge in [0.1, 0.15) is 17.3 Å². The molecule has 2 rings (SSSR count). The average molecular weight is 204 g/mol. The third kappa shape index (κ3) is 1.73. The number of rotatable bonds is 2. The molecule has 0 fully saturated rings. The SMILES string of the molecule is Cc1ccc(C(=O)c2cc(C)oc2C)o1. The lowest BCUT2D eigenvalue weighted by Crippen LogP contribution is -1.99. The summed E-state index contributed by atoms with van der Waals surface area (Å²) >= 11 is 0. The molecule has 0 bridgehead atoms. The molecule has 15 heavy (non-hydrogen) atoms. The van der Waals surface area contributed by atoms with Crippen LogP contribution in [0.2, 0.25) is 0 Å². The summed E-state index contributed by atoms with van der Waals surface area (Å²) in [6.45, 7) is 5.40. The lowest BCUT2D eigenvalue weighted by atomic mass is 10.1. The van der Waals surface area contributed by atoms with Gasteiger partial charge in [-0.15, -0.1) is 0 Å². The van der Waals surface area contributed by atoms with Crippen LogP contribution in [0.5, 0.6) is 0 Å². The van der Waals surface area contributed by atoms with Crippen molar-refractivity contribution >= 4 is 5.78 Å². The topological polar surface area (TPSA) is 43.4 Å². The van der Waals surface area contributed by atoms with Gasteiger partial charge in [0.15, 0.2) is 5.76 Å². The molecule has 0 aliphatic carbocycles. The van der Waals surface area contributed by atoms with Gasteiger partial charge in [-0.05, 0) is 39.0 Å². The lowest BCUT2D eigenvalue weighted by Gasteiger charge is -1.93. The van der Waals surface area contributed by atoms with E-state index in [1.54, 1.807) is 25.1 Å². The Kier molecular flexibility index (Phi) is 2.23. The normalized spacial score (nSPS) is 10.6. The van der Waals surface area contributed by atoms with E-state index in [0.717, 1.165) is 11.5 Å². The van der Waals surface area contributed by atoms with Crippen LogP contribution in [0, 0.1) is 20.8 Å². The molecule has 2 heterocycles. The summed E-state index contributed by atoms with van der Waals surface area (Å²) < 4.78 is 10.6. The van der Waals surface area contributed by atoms with Gasteiger partial charge in [-0.3, -0.25) is 4.79 Å². The van der Waals surface area contributed by atoms with Crippen molar-refractivity contribution in [2.75, 3.05) is 0 Å². The largest absolute Gasteiger partial charge is 0.466 e. The first kappa shape index (κ1) is 9.77. The molecule has 2 aromatic rings. The second kappa shape index (κ2) is 3.42. The number of ketones is 1. The Bertz CT molecular complexity index is 503. The van der Waals surface area contributed by atoms with Gasteiger partial charge in [0.2, 0.25) is 5.78 Å². The van der Waals surface area contributed by atoms with Crippen molar-refractivity contribution in [1.82, 2.24) is 0 Å². The van der Waals surface area contributed by atoms with E-state index in [2.05, 4.69) is 0 Å². The average Bonchev–Trinajstić information content (AvgIpc) is 2.71. The molecular weight excluding hydrogens is 192 g/mol. The van der Waals surface area contributed by atoms with Crippen molar-refractivity contribution in [3.63, 3.8) is 0 Å². The molecule has 0 aromatic carbocycles. The Labute approximate surface area is 87.7 Å². The summed E-state index contributed by atoms with van der Waals surface area (Å²) in [6, 6.07) is 5.18. The van der Waals surface area contributed by atoms with E-state index in [0.29, 0.717) is 17.1 Å². The van der Waals surface area contributed by atoms with Gasteiger partial charge in [-0.25, -0.2) is 0 Å². The molecule has 0 spiro atoms. The predicted molar refractivity (Wildman–Crippen MR) is 55.1 cm³/mol. The second-order valence-corrected chi connectivity index (χ2v) is 3.57. The number of furan rings is 2. The highest BCUT2D eigenvalue weighted by molar-refractivity contribution is 6.07. The van der Waals surface area contributed by atoms with Gasteiger partial charge < -0.3 is 8.83 Å². The minimum Gasteiger partial charge on any atom is -0.466 e. The van der Waals surface area contributed by atoms with E-state index in [1.165, 1.54) is 0 Å². The van der Waals surface area contributed by atoms with E-state index >= 15 is 0 Å². The Morgan fingerprint density at radius 1 is 1.07 bits per heavy atom. The molecule has 0 radical (unpaired) electrons. The fourth-order valence-corrected chi connectivity index (χ4v) is 1.55. The zero-order chi connectivity index (χ0) is 11.0. The standard InChI is InChI=1S/C12H12O3/c1-7-4-5-11(15-7)12(13)10-6-8(2)14-9(10)3/h4-6H,1-3H3. The van der Waals surface area contributed by atoms with Crippen LogP contribution < -0.4 is 0 Å². The fourth-order valence-electron chi connectivity index (χ4n) is 1.55. The van der Waals surface area contributed by atoms with Crippen molar-refractivity contribution in [2.45, 2.75) is 20.8 Å². The van der Waals surface area contributed by atoms with Crippen LogP contribution in [-0.2, 0) is 0 Å². The third-order valence-electron chi connectivity index (χ3n) is 2.25.